The van der Waals surface area contributed by atoms with Crippen molar-refractivity contribution in [1.29, 1.82) is 0 Å². The van der Waals surface area contributed by atoms with Crippen LogP contribution >= 0.6 is 0 Å². The second-order valence-electron chi connectivity index (χ2n) is 12.8. The Morgan fingerprint density at radius 3 is 1.60 bits per heavy atom. The Kier molecular flexibility index (Phi) is 6.47. The van der Waals surface area contributed by atoms with Gasteiger partial charge in [0.25, 0.3) is 0 Å². The number of hydrogen-bond donors (Lipinski definition) is 0. The second-order valence-corrected chi connectivity index (χ2v) is 16.5. The summed E-state index contributed by atoms with van der Waals surface area (Å²) in [6, 6.07) is 65.3. The lowest BCUT2D eigenvalue weighted by atomic mass is 10.1. The van der Waals surface area contributed by atoms with Crippen LogP contribution in [0.1, 0.15) is 0 Å². The molecular weight excluding hydrogens is 625 g/mol. The molecule has 0 spiro atoms. The van der Waals surface area contributed by atoms with Gasteiger partial charge in [0.1, 0.15) is 0 Å². The third-order valence-electron chi connectivity index (χ3n) is 10.1. The van der Waals surface area contributed by atoms with Gasteiger partial charge >= 0.3 is 0 Å². The molecule has 0 bridgehead atoms. The van der Waals surface area contributed by atoms with Crippen LogP contribution in [0.25, 0.3) is 61.7 Å². The van der Waals surface area contributed by atoms with Crippen molar-refractivity contribution in [2.75, 3.05) is 0 Å². The van der Waals surface area contributed by atoms with Crippen molar-refractivity contribution in [2.24, 2.45) is 0 Å². The minimum absolute atomic E-state index is 0.659. The molecule has 9 aromatic rings. The Morgan fingerprint density at radius 1 is 0.380 bits per heavy atom. The van der Waals surface area contributed by atoms with E-state index >= 15 is 0 Å². The Labute approximate surface area is 291 Å². The van der Waals surface area contributed by atoms with E-state index in [4.69, 9.17) is 15.0 Å². The molecule has 0 amide bonds. The van der Waals surface area contributed by atoms with Crippen molar-refractivity contribution in [2.45, 2.75) is 0 Å². The average molecular weight is 655 g/mol. The smallest absolute Gasteiger partial charge is 0.184 e. The summed E-state index contributed by atoms with van der Waals surface area (Å²) in [5, 5.41) is 7.96. The van der Waals surface area contributed by atoms with Gasteiger partial charge in [0.15, 0.2) is 25.5 Å². The zero-order chi connectivity index (χ0) is 33.1. The predicted octanol–water partition coefficient (Wildman–Crippen LogP) is 7.66. The number of aromatic nitrogens is 4. The Hall–Kier alpha value is -6.43. The van der Waals surface area contributed by atoms with Crippen LogP contribution in [0.5, 0.6) is 0 Å². The fourth-order valence-corrected chi connectivity index (χ4v) is 13.2. The van der Waals surface area contributed by atoms with Crippen molar-refractivity contribution in [3.63, 3.8) is 0 Å². The first kappa shape index (κ1) is 28.6. The van der Waals surface area contributed by atoms with Gasteiger partial charge in [-0.3, -0.25) is 0 Å². The number of benzene rings is 7. The van der Waals surface area contributed by atoms with Gasteiger partial charge in [0, 0.05) is 33.2 Å². The molecule has 234 valence electrons. The molecule has 0 N–H and O–H groups in total. The maximum atomic E-state index is 5.12. The molecule has 5 heteroatoms. The summed E-state index contributed by atoms with van der Waals surface area (Å²) >= 11 is 0. The Balaban J connectivity index is 1.28. The van der Waals surface area contributed by atoms with E-state index in [1.54, 1.807) is 0 Å². The molecule has 1 atom stereocenters. The van der Waals surface area contributed by atoms with Crippen LogP contribution in [0.15, 0.2) is 182 Å². The van der Waals surface area contributed by atoms with Gasteiger partial charge in [-0.05, 0) is 32.9 Å². The molecular formula is C45H30N4Si. The van der Waals surface area contributed by atoms with Crippen LogP contribution < -0.4 is 20.7 Å². The predicted molar refractivity (Wildman–Crippen MR) is 208 cm³/mol. The largest absolute Gasteiger partial charge is 0.309 e. The van der Waals surface area contributed by atoms with E-state index in [9.17, 15) is 0 Å². The molecule has 0 saturated heterocycles. The fourth-order valence-electron chi connectivity index (χ4n) is 8.01. The van der Waals surface area contributed by atoms with Crippen LogP contribution in [0.2, 0.25) is 0 Å². The van der Waals surface area contributed by atoms with Gasteiger partial charge in [0.2, 0.25) is 0 Å². The van der Waals surface area contributed by atoms with E-state index in [0.717, 1.165) is 16.7 Å². The van der Waals surface area contributed by atoms with Crippen LogP contribution in [0.3, 0.4) is 0 Å². The van der Waals surface area contributed by atoms with E-state index < -0.39 is 8.07 Å². The number of hydrogen-bond acceptors (Lipinski definition) is 3. The maximum Gasteiger partial charge on any atom is 0.184 e. The lowest BCUT2D eigenvalue weighted by Crippen LogP contribution is -2.76. The molecule has 7 aromatic carbocycles. The third kappa shape index (κ3) is 4.20. The molecule has 0 radical (unpaired) electrons. The molecule has 4 nitrogen and oxygen atoms in total. The quantitative estimate of drug-likeness (QED) is 0.179. The van der Waals surface area contributed by atoms with E-state index in [2.05, 4.69) is 150 Å². The summed E-state index contributed by atoms with van der Waals surface area (Å²) in [6.07, 6.45) is 0. The van der Waals surface area contributed by atoms with Crippen molar-refractivity contribution in [3.8, 4) is 39.9 Å². The van der Waals surface area contributed by atoms with Crippen molar-refractivity contribution in [3.05, 3.63) is 182 Å². The minimum Gasteiger partial charge on any atom is -0.309 e. The molecule has 0 fully saturated rings. The summed E-state index contributed by atoms with van der Waals surface area (Å²) in [4.78, 5) is 15.2. The summed E-state index contributed by atoms with van der Waals surface area (Å²) in [6.45, 7) is 0. The third-order valence-corrected chi connectivity index (χ3v) is 14.9. The van der Waals surface area contributed by atoms with E-state index in [1.165, 1.54) is 48.2 Å². The van der Waals surface area contributed by atoms with Crippen LogP contribution in [0.4, 0.5) is 0 Å². The summed E-state index contributed by atoms with van der Waals surface area (Å²) in [7, 11) is -2.88. The monoisotopic (exact) mass is 654 g/mol. The van der Waals surface area contributed by atoms with Gasteiger partial charge in [-0.1, -0.05) is 170 Å². The molecule has 0 saturated carbocycles. The fraction of sp³-hybridized carbons (Fsp3) is 0. The van der Waals surface area contributed by atoms with Crippen LogP contribution in [0, 0.1) is 0 Å². The van der Waals surface area contributed by atoms with Gasteiger partial charge < -0.3 is 4.57 Å². The molecule has 3 heterocycles. The highest BCUT2D eigenvalue weighted by atomic mass is 28.3. The molecule has 0 aliphatic carbocycles. The van der Waals surface area contributed by atoms with Gasteiger partial charge in [0.05, 0.1) is 11.0 Å². The van der Waals surface area contributed by atoms with Gasteiger partial charge in [-0.2, -0.15) is 0 Å². The number of nitrogens with zero attached hydrogens (tertiary/aromatic N) is 4. The first-order valence-corrected chi connectivity index (χ1v) is 19.0. The SMILES string of the molecule is c1ccc(-c2nc(-c3ccccc3)nc(-c3cccc([Si]4(c5ccccc5)c5ccccc5-n5c6ccccc6c6cccc4c65)c3)n2)cc1. The molecule has 50 heavy (non-hydrogen) atoms. The number of rotatable bonds is 5. The van der Waals surface area contributed by atoms with E-state index in [0.29, 0.717) is 17.5 Å². The summed E-state index contributed by atoms with van der Waals surface area (Å²) < 4.78 is 2.50. The molecule has 10 rings (SSSR count). The van der Waals surface area contributed by atoms with E-state index in [1.807, 2.05) is 36.4 Å². The zero-order valence-electron chi connectivity index (χ0n) is 27.1. The highest BCUT2D eigenvalue weighted by molar-refractivity contribution is 7.21. The lowest BCUT2D eigenvalue weighted by Gasteiger charge is -2.39. The van der Waals surface area contributed by atoms with Crippen molar-refractivity contribution >= 4 is 50.6 Å². The van der Waals surface area contributed by atoms with E-state index in [-0.39, 0.29) is 0 Å². The van der Waals surface area contributed by atoms with Gasteiger partial charge in [-0.25, -0.2) is 15.0 Å². The number of fused-ring (bicyclic) bond motifs is 5. The topological polar surface area (TPSA) is 43.6 Å². The molecule has 1 aliphatic heterocycles. The Morgan fingerprint density at radius 2 is 0.880 bits per heavy atom. The molecule has 1 unspecified atom stereocenters. The van der Waals surface area contributed by atoms with Crippen molar-refractivity contribution in [1.82, 2.24) is 19.5 Å². The highest BCUT2D eigenvalue weighted by Crippen LogP contribution is 2.35. The van der Waals surface area contributed by atoms with Crippen molar-refractivity contribution < 1.29 is 0 Å². The first-order chi connectivity index (χ1) is 24.8. The van der Waals surface area contributed by atoms with Gasteiger partial charge in [-0.15, -0.1) is 0 Å². The number of para-hydroxylation sites is 3. The summed E-state index contributed by atoms with van der Waals surface area (Å²) in [5.74, 6) is 1.98. The molecule has 1 aliphatic rings. The zero-order valence-corrected chi connectivity index (χ0v) is 28.1. The lowest BCUT2D eigenvalue weighted by molar-refractivity contribution is 1.07. The Bertz CT molecular complexity index is 2650. The first-order valence-electron chi connectivity index (χ1n) is 17.0. The van der Waals surface area contributed by atoms with Crippen LogP contribution in [-0.2, 0) is 0 Å². The normalized spacial score (nSPS) is 14.9. The highest BCUT2D eigenvalue weighted by Gasteiger charge is 2.47. The minimum atomic E-state index is -2.88. The standard InChI is InChI=1S/C45H30N4Si/c1-4-16-31(17-5-1)43-46-44(32-18-6-2-7-19-32)48-45(47-43)33-20-14-23-35(30-33)50(34-21-8-3-9-22-34)40-28-13-12-27-39(40)49-38-26-11-10-24-36(38)37-25-15-29-41(50)42(37)49/h1-30H. The summed E-state index contributed by atoms with van der Waals surface area (Å²) in [5.41, 5.74) is 6.67. The second kappa shape index (κ2) is 11.3. The molecule has 2 aromatic heterocycles. The van der Waals surface area contributed by atoms with Crippen LogP contribution in [-0.4, -0.2) is 27.6 Å². The average Bonchev–Trinajstić information content (AvgIpc) is 3.55. The maximum absolute atomic E-state index is 5.12.